The van der Waals surface area contributed by atoms with E-state index >= 15 is 0 Å². The number of ether oxygens (including phenoxy) is 1. The minimum Gasteiger partial charge on any atom is -0.376 e. The van der Waals surface area contributed by atoms with Gasteiger partial charge >= 0.3 is 0 Å². The maximum Gasteiger partial charge on any atom is 0.228 e. The summed E-state index contributed by atoms with van der Waals surface area (Å²) >= 11 is 0. The summed E-state index contributed by atoms with van der Waals surface area (Å²) in [4.78, 5) is 12.5. The summed E-state index contributed by atoms with van der Waals surface area (Å²) in [5.41, 5.74) is -0.396. The van der Waals surface area contributed by atoms with E-state index in [1.165, 1.54) is 0 Å². The summed E-state index contributed by atoms with van der Waals surface area (Å²) in [6.45, 7) is 8.73. The van der Waals surface area contributed by atoms with Gasteiger partial charge in [0.2, 0.25) is 5.91 Å². The number of hydrogen-bond donors (Lipinski definition) is 2. The average molecular weight is 240 g/mol. The molecule has 2 aliphatic heterocycles. The molecule has 2 rings (SSSR count). The second-order valence-corrected chi connectivity index (χ2v) is 5.70. The SMILES string of the molecule is CCC1(C(=O)NC2(C)CCOC2C)CCNC1. The van der Waals surface area contributed by atoms with Crippen molar-refractivity contribution in [3.8, 4) is 0 Å². The first-order valence-corrected chi connectivity index (χ1v) is 6.67. The van der Waals surface area contributed by atoms with E-state index in [1.807, 2.05) is 6.92 Å². The predicted molar refractivity (Wildman–Crippen MR) is 66.8 cm³/mol. The van der Waals surface area contributed by atoms with Gasteiger partial charge in [-0.25, -0.2) is 0 Å². The molecule has 2 saturated heterocycles. The Morgan fingerprint density at radius 2 is 2.29 bits per heavy atom. The minimum absolute atomic E-state index is 0.106. The highest BCUT2D eigenvalue weighted by Crippen LogP contribution is 2.32. The Morgan fingerprint density at radius 1 is 1.53 bits per heavy atom. The van der Waals surface area contributed by atoms with Crippen molar-refractivity contribution in [2.75, 3.05) is 19.7 Å². The molecule has 0 aromatic rings. The normalized spacial score (nSPS) is 41.7. The van der Waals surface area contributed by atoms with Crippen molar-refractivity contribution in [3.05, 3.63) is 0 Å². The quantitative estimate of drug-likeness (QED) is 0.775. The van der Waals surface area contributed by atoms with Gasteiger partial charge in [0.05, 0.1) is 17.1 Å². The van der Waals surface area contributed by atoms with Crippen molar-refractivity contribution in [3.63, 3.8) is 0 Å². The largest absolute Gasteiger partial charge is 0.376 e. The van der Waals surface area contributed by atoms with Crippen LogP contribution in [-0.4, -0.2) is 37.2 Å². The van der Waals surface area contributed by atoms with Crippen LogP contribution < -0.4 is 10.6 Å². The first-order chi connectivity index (χ1) is 8.02. The molecule has 0 saturated carbocycles. The standard InChI is InChI=1S/C13H24N2O2/c1-4-13(5-7-14-9-13)11(16)15-12(3)6-8-17-10(12)2/h10,14H,4-9H2,1-3H3,(H,15,16). The summed E-state index contributed by atoms with van der Waals surface area (Å²) in [7, 11) is 0. The molecule has 2 heterocycles. The number of carbonyl (C=O) groups excluding carboxylic acids is 1. The lowest BCUT2D eigenvalue weighted by Gasteiger charge is -2.34. The van der Waals surface area contributed by atoms with Gasteiger partial charge < -0.3 is 15.4 Å². The third-order valence-electron chi connectivity index (χ3n) is 4.69. The fourth-order valence-corrected chi connectivity index (χ4v) is 2.79. The van der Waals surface area contributed by atoms with Crippen LogP contribution in [-0.2, 0) is 9.53 Å². The molecule has 0 aliphatic carbocycles. The molecule has 4 nitrogen and oxygen atoms in total. The van der Waals surface area contributed by atoms with Crippen LogP contribution in [0.5, 0.6) is 0 Å². The Balaban J connectivity index is 2.05. The minimum atomic E-state index is -0.203. The number of carbonyl (C=O) groups is 1. The average Bonchev–Trinajstić information content (AvgIpc) is 2.88. The molecule has 1 amide bonds. The van der Waals surface area contributed by atoms with Crippen LogP contribution in [0.15, 0.2) is 0 Å². The van der Waals surface area contributed by atoms with E-state index in [2.05, 4.69) is 24.5 Å². The monoisotopic (exact) mass is 240 g/mol. The van der Waals surface area contributed by atoms with Crippen molar-refractivity contribution < 1.29 is 9.53 Å². The van der Waals surface area contributed by atoms with Crippen molar-refractivity contribution in [2.45, 2.75) is 51.7 Å². The van der Waals surface area contributed by atoms with E-state index in [0.29, 0.717) is 0 Å². The molecular weight excluding hydrogens is 216 g/mol. The van der Waals surface area contributed by atoms with Crippen LogP contribution in [0.1, 0.15) is 40.0 Å². The zero-order valence-electron chi connectivity index (χ0n) is 11.1. The third-order valence-corrected chi connectivity index (χ3v) is 4.69. The molecule has 98 valence electrons. The highest BCUT2D eigenvalue weighted by molar-refractivity contribution is 5.84. The maximum atomic E-state index is 12.5. The molecule has 0 radical (unpaired) electrons. The lowest BCUT2D eigenvalue weighted by atomic mass is 9.81. The lowest BCUT2D eigenvalue weighted by molar-refractivity contribution is -0.132. The van der Waals surface area contributed by atoms with E-state index in [-0.39, 0.29) is 23.0 Å². The Kier molecular flexibility index (Phi) is 3.46. The summed E-state index contributed by atoms with van der Waals surface area (Å²) in [6, 6.07) is 0. The van der Waals surface area contributed by atoms with Crippen molar-refractivity contribution >= 4 is 5.91 Å². The Morgan fingerprint density at radius 3 is 2.76 bits per heavy atom. The smallest absolute Gasteiger partial charge is 0.228 e. The zero-order valence-corrected chi connectivity index (χ0v) is 11.1. The van der Waals surface area contributed by atoms with E-state index < -0.39 is 0 Å². The van der Waals surface area contributed by atoms with E-state index in [1.54, 1.807) is 0 Å². The van der Waals surface area contributed by atoms with E-state index in [9.17, 15) is 4.79 Å². The molecule has 0 spiro atoms. The fraction of sp³-hybridized carbons (Fsp3) is 0.923. The molecule has 3 unspecified atom stereocenters. The fourth-order valence-electron chi connectivity index (χ4n) is 2.79. The third kappa shape index (κ3) is 2.20. The van der Waals surface area contributed by atoms with Crippen molar-refractivity contribution in [2.24, 2.45) is 5.41 Å². The van der Waals surface area contributed by atoms with Gasteiger partial charge in [-0.05, 0) is 39.7 Å². The molecule has 2 N–H and O–H groups in total. The van der Waals surface area contributed by atoms with E-state index in [0.717, 1.165) is 39.0 Å². The zero-order chi connectivity index (χ0) is 12.5. The second-order valence-electron chi connectivity index (χ2n) is 5.70. The summed E-state index contributed by atoms with van der Waals surface area (Å²) in [5.74, 6) is 0.199. The number of amides is 1. The van der Waals surface area contributed by atoms with E-state index in [4.69, 9.17) is 4.74 Å². The summed E-state index contributed by atoms with van der Waals surface area (Å²) in [6.07, 6.45) is 2.86. The Labute approximate surface area is 103 Å². The van der Waals surface area contributed by atoms with Crippen LogP contribution in [0.25, 0.3) is 0 Å². The molecule has 0 bridgehead atoms. The van der Waals surface area contributed by atoms with Crippen LogP contribution in [0.3, 0.4) is 0 Å². The molecule has 4 heteroatoms. The topological polar surface area (TPSA) is 50.4 Å². The first kappa shape index (κ1) is 12.8. The van der Waals surface area contributed by atoms with Gasteiger partial charge in [-0.15, -0.1) is 0 Å². The molecule has 0 aromatic heterocycles. The number of hydrogen-bond acceptors (Lipinski definition) is 3. The number of rotatable bonds is 3. The molecule has 3 atom stereocenters. The van der Waals surface area contributed by atoms with Crippen molar-refractivity contribution in [1.29, 1.82) is 0 Å². The summed E-state index contributed by atoms with van der Waals surface area (Å²) in [5, 5.41) is 6.54. The molecule has 0 aromatic carbocycles. The predicted octanol–water partition coefficient (Wildman–Crippen LogP) is 1.06. The van der Waals surface area contributed by atoms with Gasteiger partial charge in [0.15, 0.2) is 0 Å². The van der Waals surface area contributed by atoms with Gasteiger partial charge in [-0.2, -0.15) is 0 Å². The van der Waals surface area contributed by atoms with Crippen LogP contribution in [0, 0.1) is 5.41 Å². The van der Waals surface area contributed by atoms with Crippen LogP contribution in [0.2, 0.25) is 0 Å². The van der Waals surface area contributed by atoms with Gasteiger partial charge in [-0.1, -0.05) is 6.92 Å². The lowest BCUT2D eigenvalue weighted by Crippen LogP contribution is -2.55. The molecule has 2 aliphatic rings. The summed E-state index contributed by atoms with van der Waals surface area (Å²) < 4.78 is 5.57. The Bertz CT molecular complexity index is 300. The van der Waals surface area contributed by atoms with Crippen molar-refractivity contribution in [1.82, 2.24) is 10.6 Å². The van der Waals surface area contributed by atoms with Gasteiger partial charge in [0.25, 0.3) is 0 Å². The number of nitrogens with one attached hydrogen (secondary N) is 2. The second kappa shape index (κ2) is 4.58. The van der Waals surface area contributed by atoms with Gasteiger partial charge in [0.1, 0.15) is 0 Å². The molecule has 17 heavy (non-hydrogen) atoms. The highest BCUT2D eigenvalue weighted by Gasteiger charge is 2.45. The first-order valence-electron chi connectivity index (χ1n) is 6.67. The molecular formula is C13H24N2O2. The van der Waals surface area contributed by atoms with Crippen LogP contribution >= 0.6 is 0 Å². The highest BCUT2D eigenvalue weighted by atomic mass is 16.5. The van der Waals surface area contributed by atoms with Crippen LogP contribution in [0.4, 0.5) is 0 Å². The maximum absolute atomic E-state index is 12.5. The van der Waals surface area contributed by atoms with Gasteiger partial charge in [-0.3, -0.25) is 4.79 Å². The Hall–Kier alpha value is -0.610. The van der Waals surface area contributed by atoms with Gasteiger partial charge in [0, 0.05) is 13.2 Å². The molecule has 2 fully saturated rings.